The summed E-state index contributed by atoms with van der Waals surface area (Å²) in [5, 5.41) is 10.0. The molecule has 6 rings (SSSR count). The Morgan fingerprint density at radius 2 is 2.05 bits per heavy atom. The highest BCUT2D eigenvalue weighted by molar-refractivity contribution is 7.90. The van der Waals surface area contributed by atoms with Crippen molar-refractivity contribution in [2.75, 3.05) is 37.0 Å². The molecule has 11 heteroatoms. The van der Waals surface area contributed by atoms with E-state index in [4.69, 9.17) is 21.1 Å². The van der Waals surface area contributed by atoms with Crippen molar-refractivity contribution in [3.05, 3.63) is 70.3 Å². The number of aryl methyl sites for hydroxylation is 1. The Morgan fingerprint density at radius 3 is 2.84 bits per heavy atom. The number of carbonyl (C=O) groups is 2. The van der Waals surface area contributed by atoms with Crippen molar-refractivity contribution < 1.29 is 32.6 Å². The van der Waals surface area contributed by atoms with E-state index in [0.29, 0.717) is 43.3 Å². The second kappa shape index (κ2) is 12.1. The highest BCUT2D eigenvalue weighted by atomic mass is 35.5. The highest BCUT2D eigenvalue weighted by Gasteiger charge is 2.44. The van der Waals surface area contributed by atoms with Gasteiger partial charge >= 0.3 is 5.97 Å². The van der Waals surface area contributed by atoms with Crippen molar-refractivity contribution >= 4 is 39.2 Å². The van der Waals surface area contributed by atoms with Gasteiger partial charge in [0.25, 0.3) is 5.91 Å². The van der Waals surface area contributed by atoms with Crippen molar-refractivity contribution in [2.24, 2.45) is 11.8 Å². The van der Waals surface area contributed by atoms with Crippen LogP contribution in [0.25, 0.3) is 0 Å². The maximum Gasteiger partial charge on any atom is 0.329 e. The Kier molecular flexibility index (Phi) is 8.45. The Morgan fingerprint density at radius 1 is 1.19 bits per heavy atom. The minimum Gasteiger partial charge on any atom is -0.490 e. The number of anilines is 1. The van der Waals surface area contributed by atoms with E-state index in [1.165, 1.54) is 11.1 Å². The van der Waals surface area contributed by atoms with E-state index in [1.54, 1.807) is 18.2 Å². The number of carbonyl (C=O) groups excluding carboxylic acids is 1. The lowest BCUT2D eigenvalue weighted by molar-refractivity contribution is -0.145. The van der Waals surface area contributed by atoms with Crippen LogP contribution < -0.4 is 14.4 Å². The van der Waals surface area contributed by atoms with Gasteiger partial charge in [-0.2, -0.15) is 0 Å². The predicted molar refractivity (Wildman–Crippen MR) is 163 cm³/mol. The number of nitrogens with one attached hydrogen (secondary N) is 1. The number of nitrogens with zero attached hydrogens (tertiary/aromatic N) is 1. The first-order valence-corrected chi connectivity index (χ1v) is 17.0. The molecule has 2 N–H and O–H groups in total. The fourth-order valence-electron chi connectivity index (χ4n) is 7.15. The number of halogens is 1. The largest absolute Gasteiger partial charge is 0.490 e. The lowest BCUT2D eigenvalue weighted by atomic mass is 9.68. The molecule has 1 saturated carbocycles. The number of hydrogen-bond acceptors (Lipinski definition) is 7. The molecule has 2 aliphatic heterocycles. The van der Waals surface area contributed by atoms with E-state index in [9.17, 15) is 23.1 Å². The number of carboxylic acid groups (broad SMARTS) is 1. The second-order valence-electron chi connectivity index (χ2n) is 12.3. The van der Waals surface area contributed by atoms with E-state index >= 15 is 0 Å². The summed E-state index contributed by atoms with van der Waals surface area (Å²) in [6.45, 7) is 1.38. The summed E-state index contributed by atoms with van der Waals surface area (Å²) in [5.41, 5.74) is 3.15. The average Bonchev–Trinajstić information content (AvgIpc) is 3.09. The third-order valence-electron chi connectivity index (χ3n) is 9.41. The Labute approximate surface area is 257 Å². The van der Waals surface area contributed by atoms with Crippen molar-refractivity contribution in [3.63, 3.8) is 0 Å². The third kappa shape index (κ3) is 6.42. The van der Waals surface area contributed by atoms with Gasteiger partial charge in [-0.3, -0.25) is 4.79 Å². The first-order valence-electron chi connectivity index (χ1n) is 15.0. The van der Waals surface area contributed by atoms with E-state index < -0.39 is 28.5 Å². The quantitative estimate of drug-likeness (QED) is 0.469. The SMILES string of the molecule is O=C(O)CO[C@@H]1/C=C/CCCS(=O)(=O)NC(=O)c2ccc3c(c2)N(CC2CCC21)C[C@@]1(CCCc2cc(Cl)ccc21)CO3. The number of benzene rings is 2. The molecule has 1 fully saturated rings. The van der Waals surface area contributed by atoms with Crippen LogP contribution in [0.4, 0.5) is 5.69 Å². The molecule has 0 aromatic heterocycles. The van der Waals surface area contributed by atoms with E-state index in [1.807, 2.05) is 24.3 Å². The molecular formula is C32H37ClN2O7S. The molecule has 9 nitrogen and oxygen atoms in total. The number of amides is 1. The lowest BCUT2D eigenvalue weighted by Crippen LogP contribution is -2.49. The molecule has 2 bridgehead atoms. The van der Waals surface area contributed by atoms with Gasteiger partial charge in [0.15, 0.2) is 0 Å². The summed E-state index contributed by atoms with van der Waals surface area (Å²) in [4.78, 5) is 26.8. The molecule has 4 atom stereocenters. The van der Waals surface area contributed by atoms with Gasteiger partial charge in [-0.05, 0) is 98.2 Å². The molecule has 2 aromatic rings. The van der Waals surface area contributed by atoms with E-state index in [0.717, 1.165) is 37.8 Å². The summed E-state index contributed by atoms with van der Waals surface area (Å²) in [7, 11) is -3.85. The van der Waals surface area contributed by atoms with Crippen LogP contribution in [0.3, 0.4) is 0 Å². The molecule has 43 heavy (non-hydrogen) atoms. The van der Waals surface area contributed by atoms with Gasteiger partial charge in [-0.1, -0.05) is 29.8 Å². The van der Waals surface area contributed by atoms with Crippen molar-refractivity contribution in [2.45, 2.75) is 56.5 Å². The number of ether oxygens (including phenoxy) is 2. The summed E-state index contributed by atoms with van der Waals surface area (Å²) in [5.74, 6) is -0.909. The fraction of sp³-hybridized carbons (Fsp3) is 0.500. The van der Waals surface area contributed by atoms with Crippen LogP contribution in [0.2, 0.25) is 5.02 Å². The number of allylic oxidation sites excluding steroid dienone is 1. The van der Waals surface area contributed by atoms with Gasteiger partial charge in [-0.25, -0.2) is 17.9 Å². The van der Waals surface area contributed by atoms with Crippen molar-refractivity contribution in [3.8, 4) is 5.75 Å². The van der Waals surface area contributed by atoms with Gasteiger partial charge in [-0.15, -0.1) is 0 Å². The summed E-state index contributed by atoms with van der Waals surface area (Å²) in [6, 6.07) is 11.2. The normalized spacial score (nSPS) is 29.2. The van der Waals surface area contributed by atoms with Crippen LogP contribution in [0.15, 0.2) is 48.6 Å². The molecule has 2 heterocycles. The van der Waals surface area contributed by atoms with Gasteiger partial charge in [0, 0.05) is 29.1 Å². The highest BCUT2D eigenvalue weighted by Crippen LogP contribution is 2.47. The maximum absolute atomic E-state index is 13.1. The first kappa shape index (κ1) is 30.0. The second-order valence-corrected chi connectivity index (χ2v) is 14.6. The van der Waals surface area contributed by atoms with Gasteiger partial charge in [0.05, 0.1) is 24.2 Å². The van der Waals surface area contributed by atoms with Crippen molar-refractivity contribution in [1.82, 2.24) is 4.72 Å². The van der Waals surface area contributed by atoms with Crippen molar-refractivity contribution in [1.29, 1.82) is 0 Å². The molecule has 2 aliphatic carbocycles. The molecule has 0 saturated heterocycles. The number of carboxylic acids is 1. The lowest BCUT2D eigenvalue weighted by Gasteiger charge is -2.46. The smallest absolute Gasteiger partial charge is 0.329 e. The zero-order valence-corrected chi connectivity index (χ0v) is 25.5. The average molecular weight is 629 g/mol. The molecule has 0 radical (unpaired) electrons. The molecule has 1 amide bonds. The van der Waals surface area contributed by atoms with Crippen LogP contribution in [0.1, 0.15) is 60.0 Å². The first-order chi connectivity index (χ1) is 20.6. The molecular weight excluding hydrogens is 592 g/mol. The molecule has 2 unspecified atom stereocenters. The molecule has 230 valence electrons. The topological polar surface area (TPSA) is 122 Å². The van der Waals surface area contributed by atoms with E-state index in [-0.39, 0.29) is 34.7 Å². The Balaban J connectivity index is 1.40. The maximum atomic E-state index is 13.1. The van der Waals surface area contributed by atoms with Gasteiger partial charge < -0.3 is 19.5 Å². The van der Waals surface area contributed by atoms with Crippen LogP contribution in [-0.4, -0.2) is 63.6 Å². The summed E-state index contributed by atoms with van der Waals surface area (Å²) >= 11 is 6.38. The standard InChI is InChI=1S/C32H37ClN2O7S/c33-24-9-11-26-21(15-24)5-4-13-32(26)19-35-17-23-7-10-25(23)28(41-18-30(36)37)6-2-1-3-14-43(39,40)34-31(38)22-8-12-29(42-20-32)27(35)16-22/h2,6,8-9,11-12,15-16,23,25,28H,1,3-5,7,10,13-14,17-20H2,(H,34,38)(H,36,37)/b6-2+/t23?,25?,28-,32+/m1/s1. The molecule has 1 spiro atoms. The Bertz CT molecular complexity index is 1540. The van der Waals surface area contributed by atoms with Crippen LogP contribution in [0.5, 0.6) is 5.75 Å². The third-order valence-corrected chi connectivity index (χ3v) is 11.0. The van der Waals surface area contributed by atoms with Crippen LogP contribution >= 0.6 is 11.6 Å². The van der Waals surface area contributed by atoms with Crippen LogP contribution in [0, 0.1) is 11.8 Å². The number of rotatable bonds is 3. The van der Waals surface area contributed by atoms with E-state index in [2.05, 4.69) is 15.7 Å². The zero-order chi connectivity index (χ0) is 30.2. The number of aliphatic carboxylic acids is 1. The minimum absolute atomic E-state index is 0.111. The number of sulfonamides is 1. The number of hydrogen-bond donors (Lipinski definition) is 2. The molecule has 4 aliphatic rings. The fourth-order valence-corrected chi connectivity index (χ4v) is 8.40. The summed E-state index contributed by atoms with van der Waals surface area (Å²) < 4.78 is 40.0. The predicted octanol–water partition coefficient (Wildman–Crippen LogP) is 4.72. The van der Waals surface area contributed by atoms with Crippen LogP contribution in [-0.2, 0) is 31.4 Å². The molecule has 2 aromatic carbocycles. The Hall–Kier alpha value is -3.08. The monoisotopic (exact) mass is 628 g/mol. The summed E-state index contributed by atoms with van der Waals surface area (Å²) in [6.07, 6.45) is 8.89. The van der Waals surface area contributed by atoms with Gasteiger partial charge in [0.1, 0.15) is 12.4 Å². The van der Waals surface area contributed by atoms with Gasteiger partial charge in [0.2, 0.25) is 10.0 Å². The number of fused-ring (bicyclic) bond motifs is 4. The zero-order valence-electron chi connectivity index (χ0n) is 24.0. The minimum atomic E-state index is -3.85.